The predicted octanol–water partition coefficient (Wildman–Crippen LogP) is 15.5. The van der Waals surface area contributed by atoms with Crippen LogP contribution < -0.4 is 4.90 Å². The van der Waals surface area contributed by atoms with Crippen LogP contribution in [0.15, 0.2) is 188 Å². The fraction of sp³-hybridized carbons (Fsp3) is 0. The third kappa shape index (κ3) is 5.04. The van der Waals surface area contributed by atoms with Crippen LogP contribution in [-0.2, 0) is 0 Å². The van der Waals surface area contributed by atoms with Crippen LogP contribution in [0.2, 0.25) is 0 Å². The van der Waals surface area contributed by atoms with Crippen LogP contribution in [0.5, 0.6) is 0 Å². The Kier molecular flexibility index (Phi) is 6.97. The number of rotatable bonds is 5. The van der Waals surface area contributed by atoms with Crippen LogP contribution in [0.25, 0.3) is 84.1 Å². The van der Waals surface area contributed by atoms with E-state index in [0.717, 1.165) is 11.4 Å². The van der Waals surface area contributed by atoms with Crippen molar-refractivity contribution in [2.24, 2.45) is 0 Å². The summed E-state index contributed by atoms with van der Waals surface area (Å²) in [5.41, 5.74) is 8.36. The summed E-state index contributed by atoms with van der Waals surface area (Å²) in [6.45, 7) is 0. The number of hydrogen-bond donors (Lipinski definition) is 0. The van der Waals surface area contributed by atoms with Crippen LogP contribution in [-0.4, -0.2) is 0 Å². The highest BCUT2D eigenvalue weighted by molar-refractivity contribution is 7.26. The monoisotopic (exact) mass is 709 g/mol. The van der Waals surface area contributed by atoms with Gasteiger partial charge in [0.2, 0.25) is 0 Å². The molecule has 0 aliphatic rings. The summed E-state index contributed by atoms with van der Waals surface area (Å²) >= 11 is 3.75. The Hall–Kier alpha value is -6.26. The van der Waals surface area contributed by atoms with Gasteiger partial charge in [0.15, 0.2) is 0 Å². The molecule has 0 fully saturated rings. The van der Waals surface area contributed by atoms with Gasteiger partial charge in [-0.15, -0.1) is 22.7 Å². The molecule has 1 nitrogen and oxygen atoms in total. The number of hydrogen-bond acceptors (Lipinski definition) is 3. The molecule has 3 heteroatoms. The van der Waals surface area contributed by atoms with Gasteiger partial charge in [-0.1, -0.05) is 133 Å². The fourth-order valence-corrected chi connectivity index (χ4v) is 10.4. The van der Waals surface area contributed by atoms with Crippen molar-refractivity contribution < 1.29 is 0 Å². The molecule has 0 saturated heterocycles. The zero-order valence-electron chi connectivity index (χ0n) is 28.7. The lowest BCUT2D eigenvalue weighted by atomic mass is 9.98. The maximum atomic E-state index is 2.42. The molecule has 0 amide bonds. The molecule has 0 unspecified atom stereocenters. The lowest BCUT2D eigenvalue weighted by Crippen LogP contribution is -2.10. The molecule has 53 heavy (non-hydrogen) atoms. The zero-order valence-corrected chi connectivity index (χ0v) is 30.3. The Balaban J connectivity index is 1.02. The van der Waals surface area contributed by atoms with Crippen LogP contribution in [0.3, 0.4) is 0 Å². The zero-order chi connectivity index (χ0) is 34.9. The largest absolute Gasteiger partial charge is 0.309 e. The molecular weight excluding hydrogens is 679 g/mol. The van der Waals surface area contributed by atoms with Crippen LogP contribution in [0, 0.1) is 0 Å². The van der Waals surface area contributed by atoms with Crippen LogP contribution in [0.1, 0.15) is 0 Å². The first-order valence-corrected chi connectivity index (χ1v) is 19.6. The molecule has 0 radical (unpaired) electrons. The first kappa shape index (κ1) is 30.4. The first-order chi connectivity index (χ1) is 26.2. The smallest absolute Gasteiger partial charge is 0.0640 e. The second kappa shape index (κ2) is 12.2. The van der Waals surface area contributed by atoms with E-state index in [4.69, 9.17) is 0 Å². The maximum absolute atomic E-state index is 2.42. The van der Waals surface area contributed by atoms with E-state index in [2.05, 4.69) is 193 Å². The van der Waals surface area contributed by atoms with Crippen molar-refractivity contribution in [3.05, 3.63) is 188 Å². The van der Waals surface area contributed by atoms with Gasteiger partial charge in [-0.05, 0) is 98.4 Å². The lowest BCUT2D eigenvalue weighted by molar-refractivity contribution is 1.30. The van der Waals surface area contributed by atoms with E-state index in [1.807, 2.05) is 22.7 Å². The molecule has 0 bridgehead atoms. The Morgan fingerprint density at radius 2 is 0.906 bits per heavy atom. The van der Waals surface area contributed by atoms with Crippen molar-refractivity contribution in [1.29, 1.82) is 0 Å². The summed E-state index contributed by atoms with van der Waals surface area (Å²) in [6, 6.07) is 69.2. The van der Waals surface area contributed by atoms with E-state index in [0.29, 0.717) is 0 Å². The van der Waals surface area contributed by atoms with Gasteiger partial charge in [0.1, 0.15) is 0 Å². The Labute approximate surface area is 315 Å². The fourth-order valence-electron chi connectivity index (χ4n) is 8.05. The number of anilines is 3. The summed E-state index contributed by atoms with van der Waals surface area (Å²) in [6.07, 6.45) is 0. The summed E-state index contributed by atoms with van der Waals surface area (Å²) in [5.74, 6) is 0. The van der Waals surface area contributed by atoms with Gasteiger partial charge in [0.05, 0.1) is 10.4 Å². The van der Waals surface area contributed by atoms with E-state index in [-0.39, 0.29) is 0 Å². The average Bonchev–Trinajstić information content (AvgIpc) is 3.78. The second-order valence-corrected chi connectivity index (χ2v) is 15.9. The van der Waals surface area contributed by atoms with E-state index in [9.17, 15) is 0 Å². The minimum Gasteiger partial charge on any atom is -0.309 e. The summed E-state index contributed by atoms with van der Waals surface area (Å²) in [4.78, 5) is 2.42. The minimum atomic E-state index is 1.13. The van der Waals surface area contributed by atoms with Crippen molar-refractivity contribution in [1.82, 2.24) is 0 Å². The van der Waals surface area contributed by atoms with Gasteiger partial charge in [-0.3, -0.25) is 0 Å². The second-order valence-electron chi connectivity index (χ2n) is 13.7. The van der Waals surface area contributed by atoms with Crippen molar-refractivity contribution in [2.75, 3.05) is 4.90 Å². The van der Waals surface area contributed by atoms with Crippen LogP contribution in [0.4, 0.5) is 17.1 Å². The quantitative estimate of drug-likeness (QED) is 0.172. The van der Waals surface area contributed by atoms with E-state index in [1.165, 1.54) is 89.8 Å². The number of nitrogens with zero attached hydrogens (tertiary/aromatic N) is 1. The molecule has 0 saturated carbocycles. The van der Waals surface area contributed by atoms with Gasteiger partial charge in [-0.2, -0.15) is 0 Å². The lowest BCUT2D eigenvalue weighted by Gasteiger charge is -2.26. The van der Waals surface area contributed by atoms with Crippen LogP contribution >= 0.6 is 22.7 Å². The topological polar surface area (TPSA) is 3.24 Å². The van der Waals surface area contributed by atoms with Crippen molar-refractivity contribution in [3.63, 3.8) is 0 Å². The number of fused-ring (bicyclic) bond motifs is 8. The number of benzene rings is 9. The van der Waals surface area contributed by atoms with Crippen molar-refractivity contribution >= 4 is 102 Å². The first-order valence-electron chi connectivity index (χ1n) is 18.0. The van der Waals surface area contributed by atoms with E-state index >= 15 is 0 Å². The molecule has 11 rings (SSSR count). The molecule has 9 aromatic carbocycles. The molecule has 0 aliphatic heterocycles. The SMILES string of the molecule is c1ccc2cc3c(cc2c1)sc1cc(-c2ccc(N(c4ccc(-c5cccc6ccccc56)cc4)c4cccc5c4sc4ccccc45)cc2)ccc13. The Morgan fingerprint density at radius 1 is 0.321 bits per heavy atom. The van der Waals surface area contributed by atoms with Crippen molar-refractivity contribution in [3.8, 4) is 22.3 Å². The third-order valence-electron chi connectivity index (χ3n) is 10.6. The minimum absolute atomic E-state index is 1.13. The predicted molar refractivity (Wildman–Crippen MR) is 233 cm³/mol. The number of thiophene rings is 2. The van der Waals surface area contributed by atoms with E-state index in [1.54, 1.807) is 0 Å². The molecule has 11 aromatic rings. The third-order valence-corrected chi connectivity index (χ3v) is 13.0. The molecule has 248 valence electrons. The average molecular weight is 710 g/mol. The van der Waals surface area contributed by atoms with Gasteiger partial charge in [0, 0.05) is 47.0 Å². The normalized spacial score (nSPS) is 11.8. The van der Waals surface area contributed by atoms with E-state index < -0.39 is 0 Å². The summed E-state index contributed by atoms with van der Waals surface area (Å²) in [7, 11) is 0. The molecule has 0 atom stereocenters. The van der Waals surface area contributed by atoms with Gasteiger partial charge >= 0.3 is 0 Å². The maximum Gasteiger partial charge on any atom is 0.0640 e. The summed E-state index contributed by atoms with van der Waals surface area (Å²) < 4.78 is 5.25. The molecule has 2 aromatic heterocycles. The highest BCUT2D eigenvalue weighted by Crippen LogP contribution is 2.46. The Bertz CT molecular complexity index is 3160. The molecule has 2 heterocycles. The van der Waals surface area contributed by atoms with Gasteiger partial charge < -0.3 is 4.90 Å². The standard InChI is InChI=1S/C50H31NS2/c1-2-11-36-30-49-45(29-35(36)10-1)43-28-23-37(31-48(43)52-49)32-19-24-38(25-20-32)51(46-17-8-16-44-42-14-5-6-18-47(42)53-50(44)46)39-26-21-34(22-27-39)41-15-7-12-33-9-3-4-13-40(33)41/h1-31H. The molecular formula is C50H31NS2. The molecule has 0 spiro atoms. The van der Waals surface area contributed by atoms with Crippen molar-refractivity contribution in [2.45, 2.75) is 0 Å². The summed E-state index contributed by atoms with van der Waals surface area (Å²) in [5, 5.41) is 10.4. The Morgan fingerprint density at radius 3 is 1.72 bits per heavy atom. The van der Waals surface area contributed by atoms with Gasteiger partial charge in [0.25, 0.3) is 0 Å². The highest BCUT2D eigenvalue weighted by Gasteiger charge is 2.19. The van der Waals surface area contributed by atoms with Gasteiger partial charge in [-0.25, -0.2) is 0 Å². The molecule has 0 N–H and O–H groups in total. The highest BCUT2D eigenvalue weighted by atomic mass is 32.1. The molecule has 0 aliphatic carbocycles.